The van der Waals surface area contributed by atoms with E-state index in [-0.39, 0.29) is 18.1 Å². The molecule has 1 aliphatic rings. The van der Waals surface area contributed by atoms with Crippen LogP contribution < -0.4 is 5.73 Å². The topological polar surface area (TPSA) is 138 Å². The number of hydrogen-bond acceptors (Lipinski definition) is 5. The molecule has 1 atom stereocenters. The molecule has 10 heteroatoms. The number of carboxylic acids is 1. The van der Waals surface area contributed by atoms with Crippen molar-refractivity contribution >= 4 is 27.7 Å². The summed E-state index contributed by atoms with van der Waals surface area (Å²) in [7, 11) is -3.19. The fourth-order valence-corrected chi connectivity index (χ4v) is 3.56. The van der Waals surface area contributed by atoms with Gasteiger partial charge >= 0.3 is 12.0 Å². The highest BCUT2D eigenvalue weighted by molar-refractivity contribution is 7.91. The molecule has 3 amide bonds. The van der Waals surface area contributed by atoms with E-state index in [9.17, 15) is 22.8 Å². The number of hydrogen-bond donors (Lipinski definition) is 2. The van der Waals surface area contributed by atoms with Gasteiger partial charge in [-0.05, 0) is 6.92 Å². The quantitative estimate of drug-likeness (QED) is 0.622. The van der Waals surface area contributed by atoms with Gasteiger partial charge in [0.05, 0.1) is 11.5 Å². The molecular weight excluding hydrogens is 290 g/mol. The van der Waals surface area contributed by atoms with Gasteiger partial charge in [0.1, 0.15) is 13.1 Å². The number of primary amides is 1. The van der Waals surface area contributed by atoms with Crippen LogP contribution in [0.5, 0.6) is 0 Å². The number of sulfone groups is 1. The van der Waals surface area contributed by atoms with Gasteiger partial charge in [0.25, 0.3) is 0 Å². The van der Waals surface area contributed by atoms with Gasteiger partial charge in [0.15, 0.2) is 9.84 Å². The molecule has 0 aliphatic carbocycles. The van der Waals surface area contributed by atoms with Crippen LogP contribution in [0.25, 0.3) is 0 Å². The van der Waals surface area contributed by atoms with Gasteiger partial charge in [-0.25, -0.2) is 13.2 Å². The summed E-state index contributed by atoms with van der Waals surface area (Å²) in [5.74, 6) is -2.48. The highest BCUT2D eigenvalue weighted by atomic mass is 32.2. The lowest BCUT2D eigenvalue weighted by atomic mass is 10.3. The number of amides is 3. The summed E-state index contributed by atoms with van der Waals surface area (Å²) in [4.78, 5) is 35.8. The van der Waals surface area contributed by atoms with Crippen LogP contribution in [0.2, 0.25) is 0 Å². The van der Waals surface area contributed by atoms with Crippen molar-refractivity contribution in [3.63, 3.8) is 0 Å². The summed E-state index contributed by atoms with van der Waals surface area (Å²) in [5.41, 5.74) is 4.97. The first-order chi connectivity index (χ1) is 9.12. The molecule has 114 valence electrons. The first-order valence-corrected chi connectivity index (χ1v) is 7.70. The van der Waals surface area contributed by atoms with E-state index in [4.69, 9.17) is 10.8 Å². The molecule has 0 radical (unpaired) electrons. The van der Waals surface area contributed by atoms with Crippen LogP contribution in [0.4, 0.5) is 4.79 Å². The second-order valence-electron chi connectivity index (χ2n) is 4.66. The lowest BCUT2D eigenvalue weighted by Gasteiger charge is -2.36. The molecule has 0 aromatic heterocycles. The minimum atomic E-state index is -3.19. The van der Waals surface area contributed by atoms with E-state index in [1.807, 2.05) is 0 Å². The number of carbonyl (C=O) groups excluding carboxylic acids is 2. The minimum absolute atomic E-state index is 0.0305. The van der Waals surface area contributed by atoms with Crippen LogP contribution in [-0.4, -0.2) is 78.4 Å². The number of nitrogens with two attached hydrogens (primary N) is 1. The van der Waals surface area contributed by atoms with E-state index in [2.05, 4.69) is 0 Å². The van der Waals surface area contributed by atoms with Crippen molar-refractivity contribution in [2.24, 2.45) is 5.73 Å². The van der Waals surface area contributed by atoms with Crippen LogP contribution in [0.3, 0.4) is 0 Å². The van der Waals surface area contributed by atoms with Gasteiger partial charge in [-0.1, -0.05) is 0 Å². The SMILES string of the molecule is CC1CS(=O)(=O)CCN1C(=O)N(CC(N)=O)CC(=O)O. The summed E-state index contributed by atoms with van der Waals surface area (Å²) in [6.45, 7) is 0.327. The first-order valence-electron chi connectivity index (χ1n) is 5.88. The van der Waals surface area contributed by atoms with E-state index in [1.54, 1.807) is 6.92 Å². The zero-order chi connectivity index (χ0) is 15.5. The number of rotatable bonds is 4. The largest absolute Gasteiger partial charge is 0.480 e. The van der Waals surface area contributed by atoms with Crippen LogP contribution in [0.1, 0.15) is 6.92 Å². The number of nitrogens with zero attached hydrogens (tertiary/aromatic N) is 2. The number of carboxylic acid groups (broad SMARTS) is 1. The zero-order valence-electron chi connectivity index (χ0n) is 11.0. The van der Waals surface area contributed by atoms with Crippen molar-refractivity contribution < 1.29 is 27.9 Å². The van der Waals surface area contributed by atoms with Gasteiger partial charge < -0.3 is 20.6 Å². The minimum Gasteiger partial charge on any atom is -0.480 e. The zero-order valence-corrected chi connectivity index (χ0v) is 11.8. The van der Waals surface area contributed by atoms with E-state index in [0.29, 0.717) is 0 Å². The second kappa shape index (κ2) is 6.07. The normalized spacial score (nSPS) is 21.2. The van der Waals surface area contributed by atoms with Gasteiger partial charge in [0.2, 0.25) is 5.91 Å². The summed E-state index contributed by atoms with van der Waals surface area (Å²) >= 11 is 0. The van der Waals surface area contributed by atoms with Crippen LogP contribution in [0.15, 0.2) is 0 Å². The number of carbonyl (C=O) groups is 3. The Labute approximate surface area is 116 Å². The maximum Gasteiger partial charge on any atom is 0.323 e. The molecule has 0 aromatic carbocycles. The predicted octanol–water partition coefficient (Wildman–Crippen LogP) is -1.90. The molecule has 0 aromatic rings. The standard InChI is InChI=1S/C10H17N3O6S/c1-7-6-20(18,19)3-2-13(7)10(17)12(4-8(11)14)5-9(15)16/h7H,2-6H2,1H3,(H2,11,14)(H,15,16). The Hall–Kier alpha value is -1.84. The first kappa shape index (κ1) is 16.2. The molecule has 1 unspecified atom stereocenters. The lowest BCUT2D eigenvalue weighted by molar-refractivity contribution is -0.138. The summed E-state index contributed by atoms with van der Waals surface area (Å²) in [6.07, 6.45) is 0. The average molecular weight is 307 g/mol. The Balaban J connectivity index is 2.83. The maximum absolute atomic E-state index is 12.2. The molecule has 0 saturated carbocycles. The smallest absolute Gasteiger partial charge is 0.323 e. The fraction of sp³-hybridized carbons (Fsp3) is 0.700. The second-order valence-corrected chi connectivity index (χ2v) is 6.88. The van der Waals surface area contributed by atoms with Crippen molar-refractivity contribution in [2.75, 3.05) is 31.1 Å². The van der Waals surface area contributed by atoms with Gasteiger partial charge in [0, 0.05) is 12.6 Å². The highest BCUT2D eigenvalue weighted by Crippen LogP contribution is 2.13. The third-order valence-electron chi connectivity index (χ3n) is 2.86. The van der Waals surface area contributed by atoms with Gasteiger partial charge in [-0.15, -0.1) is 0 Å². The molecule has 3 N–H and O–H groups in total. The summed E-state index contributed by atoms with van der Waals surface area (Å²) < 4.78 is 22.9. The Morgan fingerprint density at radius 2 is 1.95 bits per heavy atom. The van der Waals surface area contributed by atoms with E-state index >= 15 is 0 Å². The molecule has 0 spiro atoms. The fourth-order valence-electron chi connectivity index (χ4n) is 2.01. The Bertz CT molecular complexity index is 501. The Morgan fingerprint density at radius 3 is 2.40 bits per heavy atom. The molecule has 1 heterocycles. The summed E-state index contributed by atoms with van der Waals surface area (Å²) in [6, 6.07) is -1.28. The van der Waals surface area contributed by atoms with Crippen molar-refractivity contribution in [1.82, 2.24) is 9.80 Å². The molecule has 20 heavy (non-hydrogen) atoms. The van der Waals surface area contributed by atoms with E-state index in [0.717, 1.165) is 4.90 Å². The number of aliphatic carboxylic acids is 1. The highest BCUT2D eigenvalue weighted by Gasteiger charge is 2.34. The van der Waals surface area contributed by atoms with Crippen LogP contribution >= 0.6 is 0 Å². The third kappa shape index (κ3) is 4.37. The van der Waals surface area contributed by atoms with Crippen LogP contribution in [-0.2, 0) is 19.4 Å². The van der Waals surface area contributed by atoms with Crippen molar-refractivity contribution in [2.45, 2.75) is 13.0 Å². The van der Waals surface area contributed by atoms with Gasteiger partial charge in [-0.2, -0.15) is 0 Å². The monoisotopic (exact) mass is 307 g/mol. The Kier molecular flexibility index (Phi) is 4.93. The van der Waals surface area contributed by atoms with Gasteiger partial charge in [-0.3, -0.25) is 9.59 Å². The van der Waals surface area contributed by atoms with Crippen molar-refractivity contribution in [3.05, 3.63) is 0 Å². The molecule has 9 nitrogen and oxygen atoms in total. The molecule has 1 saturated heterocycles. The average Bonchev–Trinajstić information content (AvgIpc) is 2.24. The number of urea groups is 1. The molecule has 1 aliphatic heterocycles. The van der Waals surface area contributed by atoms with E-state index in [1.165, 1.54) is 4.90 Å². The van der Waals surface area contributed by atoms with E-state index < -0.39 is 46.9 Å². The molecule has 0 bridgehead atoms. The Morgan fingerprint density at radius 1 is 1.35 bits per heavy atom. The summed E-state index contributed by atoms with van der Waals surface area (Å²) in [5, 5.41) is 8.73. The maximum atomic E-state index is 12.2. The molecule has 1 fully saturated rings. The predicted molar refractivity (Wildman–Crippen MR) is 68.6 cm³/mol. The third-order valence-corrected chi connectivity index (χ3v) is 4.65. The van der Waals surface area contributed by atoms with Crippen LogP contribution in [0, 0.1) is 0 Å². The van der Waals surface area contributed by atoms with Crippen molar-refractivity contribution in [3.8, 4) is 0 Å². The lowest BCUT2D eigenvalue weighted by Crippen LogP contribution is -2.56. The molecular formula is C10H17N3O6S. The van der Waals surface area contributed by atoms with Crippen molar-refractivity contribution in [1.29, 1.82) is 0 Å². The molecule has 1 rings (SSSR count).